The highest BCUT2D eigenvalue weighted by atomic mass is 16.6. The van der Waals surface area contributed by atoms with E-state index >= 15 is 0 Å². The summed E-state index contributed by atoms with van der Waals surface area (Å²) in [5, 5.41) is 10.9. The van der Waals surface area contributed by atoms with Crippen LogP contribution in [0.1, 0.15) is 43.9 Å². The van der Waals surface area contributed by atoms with E-state index in [0.717, 1.165) is 5.56 Å². The molecular weight excluding hydrogens is 380 g/mol. The minimum Gasteiger partial charge on any atom is -0.488 e. The van der Waals surface area contributed by atoms with E-state index < -0.39 is 29.9 Å². The van der Waals surface area contributed by atoms with E-state index in [0.29, 0.717) is 11.3 Å². The van der Waals surface area contributed by atoms with Crippen LogP contribution in [0.4, 0.5) is 0 Å². The molecule has 0 fully saturated rings. The summed E-state index contributed by atoms with van der Waals surface area (Å²) in [7, 11) is 0. The number of hydrogen-bond donors (Lipinski definition) is 1. The van der Waals surface area contributed by atoms with E-state index in [2.05, 4.69) is 0 Å². The molecule has 3 rings (SSSR count). The van der Waals surface area contributed by atoms with Crippen molar-refractivity contribution in [2.75, 3.05) is 6.61 Å². The van der Waals surface area contributed by atoms with Gasteiger partial charge in [-0.1, -0.05) is 12.1 Å². The fraction of sp³-hybridized carbons (Fsp3) is 0.286. The molecule has 1 aliphatic rings. The summed E-state index contributed by atoms with van der Waals surface area (Å²) in [6.07, 6.45) is -0.959. The summed E-state index contributed by atoms with van der Waals surface area (Å²) in [6, 6.07) is 9.74. The summed E-state index contributed by atoms with van der Waals surface area (Å²) in [4.78, 5) is 33.9. The smallest absolute Gasteiger partial charge is 0.308 e. The van der Waals surface area contributed by atoms with Crippen LogP contribution in [-0.4, -0.2) is 29.6 Å². The Hall–Kier alpha value is -3.39. The third-order valence-corrected chi connectivity index (χ3v) is 4.28. The average Bonchev–Trinajstić information content (AvgIpc) is 2.63. The lowest BCUT2D eigenvalue weighted by atomic mass is 9.87. The van der Waals surface area contributed by atoms with Crippen LogP contribution in [0.3, 0.4) is 0 Å². The van der Waals surface area contributed by atoms with Gasteiger partial charge >= 0.3 is 17.9 Å². The standard InChI is InChI=1S/C21H20O8/c1-11(22)27-15-6-4-14(5-7-15)17-10-26-20-16(19(17)25)8-9-18(28-12(2)23)21(20)29-13(3)24/h4-9,17,19,25H,10H2,1-3H3/t17-,19-/m1/s1. The number of fused-ring (bicyclic) bond motifs is 1. The highest BCUT2D eigenvalue weighted by molar-refractivity contribution is 5.76. The fourth-order valence-corrected chi connectivity index (χ4v) is 3.13. The molecule has 0 aromatic heterocycles. The number of hydrogen-bond acceptors (Lipinski definition) is 8. The van der Waals surface area contributed by atoms with Crippen molar-refractivity contribution in [3.05, 3.63) is 47.5 Å². The molecule has 2 atom stereocenters. The number of carbonyl (C=O) groups is 3. The third-order valence-electron chi connectivity index (χ3n) is 4.28. The van der Waals surface area contributed by atoms with E-state index in [1.165, 1.54) is 26.8 Å². The van der Waals surface area contributed by atoms with Crippen LogP contribution in [0, 0.1) is 0 Å². The average molecular weight is 400 g/mol. The first-order valence-corrected chi connectivity index (χ1v) is 8.89. The summed E-state index contributed by atoms with van der Waals surface area (Å²) >= 11 is 0. The lowest BCUT2D eigenvalue weighted by Crippen LogP contribution is -2.25. The predicted molar refractivity (Wildman–Crippen MR) is 100 cm³/mol. The van der Waals surface area contributed by atoms with Gasteiger partial charge in [0.2, 0.25) is 5.75 Å². The first-order chi connectivity index (χ1) is 13.8. The number of aliphatic hydroxyl groups is 1. The monoisotopic (exact) mass is 400 g/mol. The van der Waals surface area contributed by atoms with Crippen LogP contribution in [0.25, 0.3) is 0 Å². The third kappa shape index (κ3) is 4.55. The largest absolute Gasteiger partial charge is 0.488 e. The maximum absolute atomic E-state index is 11.5. The van der Waals surface area contributed by atoms with Crippen molar-refractivity contribution in [3.63, 3.8) is 0 Å². The second-order valence-electron chi connectivity index (χ2n) is 6.52. The molecule has 29 heavy (non-hydrogen) atoms. The first kappa shape index (κ1) is 20.3. The van der Waals surface area contributed by atoms with Gasteiger partial charge in [0.1, 0.15) is 5.75 Å². The molecule has 0 saturated carbocycles. The van der Waals surface area contributed by atoms with E-state index in [-0.39, 0.29) is 23.9 Å². The molecule has 152 valence electrons. The summed E-state index contributed by atoms with van der Waals surface area (Å²) in [5.41, 5.74) is 1.18. The van der Waals surface area contributed by atoms with Crippen LogP contribution in [0.15, 0.2) is 36.4 Å². The number of ether oxygens (including phenoxy) is 4. The van der Waals surface area contributed by atoms with Crippen molar-refractivity contribution >= 4 is 17.9 Å². The van der Waals surface area contributed by atoms with Gasteiger partial charge in [0.25, 0.3) is 0 Å². The molecule has 0 radical (unpaired) electrons. The van der Waals surface area contributed by atoms with Crippen LogP contribution in [0.2, 0.25) is 0 Å². The Bertz CT molecular complexity index is 948. The zero-order chi connectivity index (χ0) is 21.1. The highest BCUT2D eigenvalue weighted by Gasteiger charge is 2.34. The molecule has 0 aliphatic carbocycles. The molecule has 8 heteroatoms. The van der Waals surface area contributed by atoms with Gasteiger partial charge in [0, 0.05) is 32.3 Å². The zero-order valence-electron chi connectivity index (χ0n) is 16.1. The number of carbonyl (C=O) groups excluding carboxylic acids is 3. The van der Waals surface area contributed by atoms with Crippen molar-refractivity contribution in [2.45, 2.75) is 32.8 Å². The van der Waals surface area contributed by atoms with E-state index in [1.54, 1.807) is 30.3 Å². The Labute approximate surface area is 167 Å². The lowest BCUT2D eigenvalue weighted by Gasteiger charge is -2.32. The zero-order valence-corrected chi connectivity index (χ0v) is 16.1. The van der Waals surface area contributed by atoms with Crippen LogP contribution in [-0.2, 0) is 14.4 Å². The summed E-state index contributed by atoms with van der Waals surface area (Å²) < 4.78 is 21.1. The Morgan fingerprint density at radius 3 is 2.10 bits per heavy atom. The Balaban J connectivity index is 1.93. The van der Waals surface area contributed by atoms with Crippen LogP contribution >= 0.6 is 0 Å². The highest BCUT2D eigenvalue weighted by Crippen LogP contribution is 2.49. The van der Waals surface area contributed by atoms with Crippen LogP contribution in [0.5, 0.6) is 23.0 Å². The van der Waals surface area contributed by atoms with Gasteiger partial charge in [-0.2, -0.15) is 0 Å². The van der Waals surface area contributed by atoms with Gasteiger partial charge in [0.05, 0.1) is 12.7 Å². The maximum atomic E-state index is 11.5. The van der Waals surface area contributed by atoms with E-state index in [9.17, 15) is 19.5 Å². The topological polar surface area (TPSA) is 108 Å². The SMILES string of the molecule is CC(=O)Oc1ccc([C@H]2COc3c(ccc(OC(C)=O)c3OC(C)=O)[C@H]2O)cc1. The maximum Gasteiger partial charge on any atom is 0.308 e. The van der Waals surface area contributed by atoms with Crippen molar-refractivity contribution in [1.29, 1.82) is 0 Å². The number of aliphatic hydroxyl groups excluding tert-OH is 1. The Morgan fingerprint density at radius 2 is 1.52 bits per heavy atom. The summed E-state index contributed by atoms with van der Waals surface area (Å²) in [5.74, 6) is -1.49. The molecule has 0 unspecified atom stereocenters. The molecular formula is C21H20O8. The van der Waals surface area contributed by atoms with Crippen molar-refractivity contribution in [1.82, 2.24) is 0 Å². The molecule has 1 N–H and O–H groups in total. The minimum absolute atomic E-state index is 0.0304. The molecule has 1 aliphatic heterocycles. The first-order valence-electron chi connectivity index (χ1n) is 8.89. The van der Waals surface area contributed by atoms with Gasteiger partial charge < -0.3 is 24.1 Å². The number of esters is 3. The van der Waals surface area contributed by atoms with Gasteiger partial charge in [0.15, 0.2) is 11.5 Å². The molecule has 0 spiro atoms. The number of benzene rings is 2. The Kier molecular flexibility index (Phi) is 5.84. The van der Waals surface area contributed by atoms with E-state index in [4.69, 9.17) is 18.9 Å². The quantitative estimate of drug-likeness (QED) is 0.616. The van der Waals surface area contributed by atoms with Crippen molar-refractivity contribution in [2.24, 2.45) is 0 Å². The molecule has 0 bridgehead atoms. The number of rotatable bonds is 4. The summed E-state index contributed by atoms with van der Waals surface area (Å²) in [6.45, 7) is 3.85. The van der Waals surface area contributed by atoms with Gasteiger partial charge in [-0.05, 0) is 29.8 Å². The normalized spacial score (nSPS) is 17.5. The molecule has 0 amide bonds. The minimum atomic E-state index is -0.959. The molecule has 2 aromatic carbocycles. The van der Waals surface area contributed by atoms with Crippen molar-refractivity contribution < 1.29 is 38.4 Å². The second kappa shape index (κ2) is 8.32. The van der Waals surface area contributed by atoms with Gasteiger partial charge in [-0.25, -0.2) is 0 Å². The molecule has 2 aromatic rings. The molecule has 0 saturated heterocycles. The second-order valence-corrected chi connectivity index (χ2v) is 6.52. The lowest BCUT2D eigenvalue weighted by molar-refractivity contribution is -0.134. The Morgan fingerprint density at radius 1 is 0.897 bits per heavy atom. The molecule has 1 heterocycles. The van der Waals surface area contributed by atoms with Gasteiger partial charge in [-0.3, -0.25) is 14.4 Å². The predicted octanol–water partition coefficient (Wildman–Crippen LogP) is 2.67. The van der Waals surface area contributed by atoms with Crippen molar-refractivity contribution in [3.8, 4) is 23.0 Å². The molecule has 8 nitrogen and oxygen atoms in total. The fourth-order valence-electron chi connectivity index (χ4n) is 3.13. The van der Waals surface area contributed by atoms with Crippen LogP contribution < -0.4 is 18.9 Å². The van der Waals surface area contributed by atoms with Gasteiger partial charge in [-0.15, -0.1) is 0 Å². The van der Waals surface area contributed by atoms with E-state index in [1.807, 2.05) is 0 Å².